The van der Waals surface area contributed by atoms with Gasteiger partial charge in [0, 0.05) is 18.5 Å². The Morgan fingerprint density at radius 2 is 2.05 bits per heavy atom. The van der Waals surface area contributed by atoms with Gasteiger partial charge in [-0.05, 0) is 37.0 Å². The molecule has 4 nitrogen and oxygen atoms in total. The summed E-state index contributed by atoms with van der Waals surface area (Å²) in [5.74, 6) is 3.82. The van der Waals surface area contributed by atoms with Crippen molar-refractivity contribution in [3.8, 4) is 0 Å². The lowest BCUT2D eigenvalue weighted by atomic mass is 9.85. The summed E-state index contributed by atoms with van der Waals surface area (Å²) in [4.78, 5) is 12.1. The van der Waals surface area contributed by atoms with Crippen LogP contribution < -0.4 is 5.32 Å². The molecule has 0 aliphatic heterocycles. The third-order valence-corrected chi connectivity index (χ3v) is 5.50. The van der Waals surface area contributed by atoms with E-state index in [2.05, 4.69) is 10.5 Å². The van der Waals surface area contributed by atoms with Gasteiger partial charge in [0.2, 0.25) is 0 Å². The van der Waals surface area contributed by atoms with Gasteiger partial charge in [-0.2, -0.15) is 0 Å². The maximum atomic E-state index is 12.1. The fraction of sp³-hybridized carbons (Fsp3) is 0.765. The summed E-state index contributed by atoms with van der Waals surface area (Å²) in [5, 5.41) is 6.94. The van der Waals surface area contributed by atoms with Crippen LogP contribution in [-0.4, -0.2) is 17.6 Å². The van der Waals surface area contributed by atoms with Crippen LogP contribution in [0.2, 0.25) is 0 Å². The molecule has 4 rings (SSSR count). The molecule has 1 aromatic heterocycles. The first kappa shape index (κ1) is 13.4. The fourth-order valence-electron chi connectivity index (χ4n) is 3.92. The van der Waals surface area contributed by atoms with E-state index in [9.17, 15) is 4.79 Å². The van der Waals surface area contributed by atoms with E-state index in [1.54, 1.807) is 0 Å². The van der Waals surface area contributed by atoms with Gasteiger partial charge in [-0.3, -0.25) is 4.79 Å². The predicted molar refractivity (Wildman–Crippen MR) is 79.0 cm³/mol. The van der Waals surface area contributed by atoms with Crippen LogP contribution >= 0.6 is 0 Å². The molecule has 0 saturated heterocycles. The molecular weight excluding hydrogens is 264 g/mol. The van der Waals surface area contributed by atoms with Crippen LogP contribution in [0.5, 0.6) is 0 Å². The Bertz CT molecular complexity index is 515. The van der Waals surface area contributed by atoms with Gasteiger partial charge in [-0.25, -0.2) is 0 Å². The van der Waals surface area contributed by atoms with Crippen LogP contribution in [0.15, 0.2) is 10.6 Å². The van der Waals surface area contributed by atoms with Crippen molar-refractivity contribution >= 4 is 5.91 Å². The minimum atomic E-state index is -0.0695. The molecular formula is C17H24N2O2. The molecule has 0 radical (unpaired) electrons. The number of nitrogens with one attached hydrogen (secondary N) is 1. The molecule has 3 aliphatic carbocycles. The summed E-state index contributed by atoms with van der Waals surface area (Å²) in [7, 11) is 0. The smallest absolute Gasteiger partial charge is 0.273 e. The molecule has 114 valence electrons. The summed E-state index contributed by atoms with van der Waals surface area (Å²) in [6.45, 7) is 0.811. The fourth-order valence-corrected chi connectivity index (χ4v) is 3.92. The van der Waals surface area contributed by atoms with Crippen LogP contribution in [0.4, 0.5) is 0 Å². The summed E-state index contributed by atoms with van der Waals surface area (Å²) in [6.07, 6.45) is 10.7. The first-order valence-corrected chi connectivity index (χ1v) is 8.56. The van der Waals surface area contributed by atoms with Gasteiger partial charge in [-0.15, -0.1) is 0 Å². The Kier molecular flexibility index (Phi) is 3.48. The molecule has 2 atom stereocenters. The van der Waals surface area contributed by atoms with Gasteiger partial charge < -0.3 is 9.84 Å². The Hall–Kier alpha value is -1.32. The van der Waals surface area contributed by atoms with Crippen molar-refractivity contribution in [1.29, 1.82) is 0 Å². The predicted octanol–water partition coefficient (Wildman–Crippen LogP) is 3.50. The molecule has 21 heavy (non-hydrogen) atoms. The molecule has 0 aromatic carbocycles. The Labute approximate surface area is 125 Å². The van der Waals surface area contributed by atoms with E-state index >= 15 is 0 Å². The number of amides is 1. The Morgan fingerprint density at radius 3 is 2.81 bits per heavy atom. The van der Waals surface area contributed by atoms with E-state index < -0.39 is 0 Å². The van der Waals surface area contributed by atoms with Gasteiger partial charge in [0.25, 0.3) is 5.91 Å². The van der Waals surface area contributed by atoms with E-state index in [-0.39, 0.29) is 5.91 Å². The summed E-state index contributed by atoms with van der Waals surface area (Å²) in [5.41, 5.74) is 0.451. The molecule has 0 bridgehead atoms. The molecule has 1 N–H and O–H groups in total. The normalized spacial score (nSPS) is 29.3. The third kappa shape index (κ3) is 2.99. The third-order valence-electron chi connectivity index (χ3n) is 5.50. The van der Waals surface area contributed by atoms with Crippen molar-refractivity contribution in [1.82, 2.24) is 10.5 Å². The van der Waals surface area contributed by atoms with E-state index in [0.29, 0.717) is 17.5 Å². The topological polar surface area (TPSA) is 55.1 Å². The standard InChI is InChI=1S/C17H24N2O2/c20-17(15-9-16(21-19-15)12-6-7-12)18-10-13-8-14(13)11-4-2-1-3-5-11/h9,11-14H,1-8,10H2,(H,18,20)/t13-,14+/m0/s1. The summed E-state index contributed by atoms with van der Waals surface area (Å²) in [6, 6.07) is 1.82. The first-order valence-electron chi connectivity index (χ1n) is 8.56. The second kappa shape index (κ2) is 5.47. The molecule has 4 heteroatoms. The average molecular weight is 288 g/mol. The number of hydrogen-bond acceptors (Lipinski definition) is 3. The van der Waals surface area contributed by atoms with Crippen LogP contribution in [-0.2, 0) is 0 Å². The highest BCUT2D eigenvalue weighted by Crippen LogP contribution is 2.49. The second-order valence-electron chi connectivity index (χ2n) is 7.16. The van der Waals surface area contributed by atoms with Gasteiger partial charge in [0.15, 0.2) is 5.69 Å². The lowest BCUT2D eigenvalue weighted by molar-refractivity contribution is 0.0941. The summed E-state index contributed by atoms with van der Waals surface area (Å²) < 4.78 is 5.24. The zero-order valence-corrected chi connectivity index (χ0v) is 12.5. The van der Waals surface area contributed by atoms with Crippen LogP contribution in [0, 0.1) is 17.8 Å². The average Bonchev–Trinajstić information content (AvgIpc) is 3.44. The Balaban J connectivity index is 1.24. The monoisotopic (exact) mass is 288 g/mol. The molecule has 1 aromatic rings. The number of carbonyl (C=O) groups is 1. The van der Waals surface area contributed by atoms with Crippen molar-refractivity contribution in [3.63, 3.8) is 0 Å². The minimum absolute atomic E-state index is 0.0695. The lowest BCUT2D eigenvalue weighted by Gasteiger charge is -2.21. The highest BCUT2D eigenvalue weighted by Gasteiger charge is 2.42. The van der Waals surface area contributed by atoms with Crippen molar-refractivity contribution in [2.75, 3.05) is 6.54 Å². The van der Waals surface area contributed by atoms with Crippen LogP contribution in [0.3, 0.4) is 0 Å². The van der Waals surface area contributed by atoms with Gasteiger partial charge >= 0.3 is 0 Å². The quantitative estimate of drug-likeness (QED) is 0.902. The molecule has 3 saturated carbocycles. The largest absolute Gasteiger partial charge is 0.360 e. The van der Waals surface area contributed by atoms with Gasteiger partial charge in [0.05, 0.1) is 0 Å². The van der Waals surface area contributed by atoms with Gasteiger partial charge in [-0.1, -0.05) is 37.3 Å². The Morgan fingerprint density at radius 1 is 1.24 bits per heavy atom. The van der Waals surface area contributed by atoms with Crippen molar-refractivity contribution < 1.29 is 9.32 Å². The van der Waals surface area contributed by atoms with E-state index in [4.69, 9.17) is 4.52 Å². The van der Waals surface area contributed by atoms with E-state index in [1.807, 2.05) is 6.07 Å². The molecule has 3 aliphatic rings. The zero-order valence-electron chi connectivity index (χ0n) is 12.5. The zero-order chi connectivity index (χ0) is 14.2. The van der Waals surface area contributed by atoms with Crippen molar-refractivity contribution in [2.24, 2.45) is 17.8 Å². The molecule has 1 amide bonds. The van der Waals surface area contributed by atoms with E-state index in [0.717, 1.165) is 24.1 Å². The number of rotatable bonds is 5. The second-order valence-corrected chi connectivity index (χ2v) is 7.16. The number of carbonyl (C=O) groups excluding carboxylic acids is 1. The van der Waals surface area contributed by atoms with E-state index in [1.165, 1.54) is 51.4 Å². The minimum Gasteiger partial charge on any atom is -0.360 e. The molecule has 3 fully saturated rings. The van der Waals surface area contributed by atoms with Crippen molar-refractivity contribution in [2.45, 2.75) is 57.3 Å². The molecule has 1 heterocycles. The SMILES string of the molecule is O=C(NC[C@@H]1C[C@@H]1C1CCCCC1)c1cc(C2CC2)on1. The number of hydrogen-bond donors (Lipinski definition) is 1. The molecule has 0 unspecified atom stereocenters. The first-order chi connectivity index (χ1) is 10.3. The van der Waals surface area contributed by atoms with Gasteiger partial charge in [0.1, 0.15) is 5.76 Å². The highest BCUT2D eigenvalue weighted by molar-refractivity contribution is 5.92. The number of aromatic nitrogens is 1. The van der Waals surface area contributed by atoms with Crippen LogP contribution in [0.25, 0.3) is 0 Å². The lowest BCUT2D eigenvalue weighted by Crippen LogP contribution is -2.26. The molecule has 0 spiro atoms. The van der Waals surface area contributed by atoms with Crippen LogP contribution in [0.1, 0.15) is 73.5 Å². The van der Waals surface area contributed by atoms with Crippen molar-refractivity contribution in [3.05, 3.63) is 17.5 Å². The maximum Gasteiger partial charge on any atom is 0.273 e. The maximum absolute atomic E-state index is 12.1. The summed E-state index contributed by atoms with van der Waals surface area (Å²) >= 11 is 0. The highest BCUT2D eigenvalue weighted by atomic mass is 16.5. The number of nitrogens with zero attached hydrogens (tertiary/aromatic N) is 1.